The Bertz CT molecular complexity index is 954. The van der Waals surface area contributed by atoms with Crippen molar-refractivity contribution in [3.8, 4) is 0 Å². The van der Waals surface area contributed by atoms with Crippen molar-refractivity contribution >= 4 is 29.2 Å². The van der Waals surface area contributed by atoms with Crippen molar-refractivity contribution in [3.63, 3.8) is 0 Å². The Morgan fingerprint density at radius 2 is 1.76 bits per heavy atom. The molecule has 1 saturated heterocycles. The molecule has 1 N–H and O–H groups in total. The van der Waals surface area contributed by atoms with Crippen molar-refractivity contribution in [1.29, 1.82) is 0 Å². The first-order valence-electron chi connectivity index (χ1n) is 11.6. The summed E-state index contributed by atoms with van der Waals surface area (Å²) in [5, 5.41) is 4.17. The van der Waals surface area contributed by atoms with Crippen LogP contribution in [0.15, 0.2) is 48.5 Å². The molecular weight excluding hydrogens is 436 g/mol. The summed E-state index contributed by atoms with van der Waals surface area (Å²) in [5.74, 6) is 0.373. The number of carbonyl (C=O) groups is 2. The van der Waals surface area contributed by atoms with Crippen molar-refractivity contribution in [2.45, 2.75) is 52.5 Å². The van der Waals surface area contributed by atoms with Gasteiger partial charge in [-0.2, -0.15) is 0 Å². The van der Waals surface area contributed by atoms with Crippen molar-refractivity contribution in [3.05, 3.63) is 64.7 Å². The van der Waals surface area contributed by atoms with Crippen LogP contribution < -0.4 is 5.32 Å². The van der Waals surface area contributed by atoms with Crippen LogP contribution in [0.25, 0.3) is 0 Å². The number of piperidine rings is 1. The molecule has 0 saturated carbocycles. The van der Waals surface area contributed by atoms with E-state index in [1.54, 1.807) is 0 Å². The van der Waals surface area contributed by atoms with Gasteiger partial charge in [-0.05, 0) is 59.1 Å². The van der Waals surface area contributed by atoms with Crippen molar-refractivity contribution in [2.75, 3.05) is 25.5 Å². The third-order valence-corrected chi connectivity index (χ3v) is 6.85. The van der Waals surface area contributed by atoms with Gasteiger partial charge >= 0.3 is 5.97 Å². The molecule has 1 amide bonds. The number of ether oxygens (including phenoxy) is 1. The molecule has 3 rings (SSSR count). The Balaban J connectivity index is 1.68. The number of hydrogen-bond donors (Lipinski definition) is 1. The molecule has 2 aromatic carbocycles. The Labute approximate surface area is 202 Å². The van der Waals surface area contributed by atoms with Crippen molar-refractivity contribution < 1.29 is 14.3 Å². The van der Waals surface area contributed by atoms with E-state index in [1.807, 2.05) is 41.3 Å². The molecule has 1 aliphatic rings. The molecule has 1 heterocycles. The Morgan fingerprint density at radius 1 is 1.12 bits per heavy atom. The van der Waals surface area contributed by atoms with Gasteiger partial charge in [0.25, 0.3) is 0 Å². The number of esters is 1. The first-order valence-corrected chi connectivity index (χ1v) is 11.9. The zero-order valence-corrected chi connectivity index (χ0v) is 21.0. The van der Waals surface area contributed by atoms with Crippen LogP contribution in [0.4, 0.5) is 5.69 Å². The second kappa shape index (κ2) is 10.6. The number of carbonyl (C=O) groups excluding carboxylic acids is 2. The van der Waals surface area contributed by atoms with E-state index < -0.39 is 0 Å². The van der Waals surface area contributed by atoms with E-state index >= 15 is 0 Å². The molecule has 2 atom stereocenters. The fraction of sp³-hybridized carbons (Fsp3) is 0.481. The number of hydrogen-bond acceptors (Lipinski definition) is 4. The minimum absolute atomic E-state index is 0.0429. The summed E-state index contributed by atoms with van der Waals surface area (Å²) in [5.41, 5.74) is 2.98. The molecule has 178 valence electrons. The lowest BCUT2D eigenvalue weighted by Gasteiger charge is -2.46. The second-order valence-electron chi connectivity index (χ2n) is 9.96. The lowest BCUT2D eigenvalue weighted by molar-refractivity contribution is -0.139. The van der Waals surface area contributed by atoms with Gasteiger partial charge in [0, 0.05) is 23.8 Å². The molecule has 5 nitrogen and oxygen atoms in total. The fourth-order valence-corrected chi connectivity index (χ4v) is 4.83. The molecule has 0 radical (unpaired) electrons. The highest BCUT2D eigenvalue weighted by atomic mass is 35.5. The van der Waals surface area contributed by atoms with E-state index in [1.165, 1.54) is 12.7 Å². The lowest BCUT2D eigenvalue weighted by Crippen LogP contribution is -2.53. The molecule has 2 aromatic rings. The predicted octanol–water partition coefficient (Wildman–Crippen LogP) is 5.53. The lowest BCUT2D eigenvalue weighted by atomic mass is 9.70. The van der Waals surface area contributed by atoms with E-state index in [4.69, 9.17) is 16.3 Å². The van der Waals surface area contributed by atoms with Crippen molar-refractivity contribution in [2.24, 2.45) is 11.3 Å². The first kappa shape index (κ1) is 25.1. The zero-order chi connectivity index (χ0) is 24.2. The number of benzene rings is 2. The summed E-state index contributed by atoms with van der Waals surface area (Å²) in [6, 6.07) is 15.4. The number of likely N-dealkylation sites (tertiary alicyclic amines) is 1. The van der Waals surface area contributed by atoms with E-state index in [9.17, 15) is 9.59 Å². The summed E-state index contributed by atoms with van der Waals surface area (Å²) < 4.78 is 4.73. The van der Waals surface area contributed by atoms with Gasteiger partial charge < -0.3 is 15.0 Å². The third-order valence-electron chi connectivity index (χ3n) is 6.60. The summed E-state index contributed by atoms with van der Waals surface area (Å²) in [7, 11) is 1.39. The minimum Gasteiger partial charge on any atom is -0.469 e. The molecular formula is C27H35ClN2O3. The molecule has 0 aliphatic carbocycles. The Morgan fingerprint density at radius 3 is 2.30 bits per heavy atom. The van der Waals surface area contributed by atoms with Gasteiger partial charge in [0.05, 0.1) is 13.5 Å². The molecule has 0 aromatic heterocycles. The van der Waals surface area contributed by atoms with Crippen LogP contribution in [0.3, 0.4) is 0 Å². The maximum absolute atomic E-state index is 13.6. The van der Waals surface area contributed by atoms with Crippen LogP contribution in [0.1, 0.15) is 51.2 Å². The van der Waals surface area contributed by atoms with E-state index in [0.717, 1.165) is 29.2 Å². The maximum Gasteiger partial charge on any atom is 0.309 e. The quantitative estimate of drug-likeness (QED) is 0.540. The van der Waals surface area contributed by atoms with Crippen LogP contribution in [0.2, 0.25) is 5.02 Å². The summed E-state index contributed by atoms with van der Waals surface area (Å²) in [6.07, 6.45) is 1.16. The number of nitrogens with one attached hydrogen (secondary N) is 1. The highest BCUT2D eigenvalue weighted by Gasteiger charge is 2.40. The summed E-state index contributed by atoms with van der Waals surface area (Å²) in [6.45, 7) is 10.0. The summed E-state index contributed by atoms with van der Waals surface area (Å²) >= 11 is 6.07. The van der Waals surface area contributed by atoms with E-state index in [0.29, 0.717) is 12.5 Å². The maximum atomic E-state index is 13.6. The summed E-state index contributed by atoms with van der Waals surface area (Å²) in [4.78, 5) is 27.1. The standard InChI is InChI=1S/C27H35ClN2O3/c1-18(2)25(29-22-12-6-19(7-13-22)16-24(31)33-5)26(32)30-15-14-23(27(3,4)17-30)20-8-10-21(28)11-9-20/h6-13,18,23,25,29H,14-17H2,1-5H3/t23?,25-/m1/s1. The number of rotatable bonds is 7. The highest BCUT2D eigenvalue weighted by Crippen LogP contribution is 2.42. The van der Waals surface area contributed by atoms with Gasteiger partial charge in [-0.15, -0.1) is 0 Å². The third kappa shape index (κ3) is 6.29. The number of halogens is 1. The smallest absolute Gasteiger partial charge is 0.309 e. The van der Waals surface area contributed by atoms with Crippen LogP contribution >= 0.6 is 11.6 Å². The molecule has 1 fully saturated rings. The Kier molecular flexibility index (Phi) is 8.06. The highest BCUT2D eigenvalue weighted by molar-refractivity contribution is 6.30. The number of anilines is 1. The van der Waals surface area contributed by atoms with Crippen LogP contribution in [0.5, 0.6) is 0 Å². The average molecular weight is 471 g/mol. The monoisotopic (exact) mass is 470 g/mol. The number of amides is 1. The normalized spacial score (nSPS) is 18.6. The number of methoxy groups -OCH3 is 1. The fourth-order valence-electron chi connectivity index (χ4n) is 4.71. The number of nitrogens with zero attached hydrogens (tertiary/aromatic N) is 1. The predicted molar refractivity (Wildman–Crippen MR) is 134 cm³/mol. The van der Waals surface area contributed by atoms with Gasteiger partial charge in [0.1, 0.15) is 6.04 Å². The van der Waals surface area contributed by atoms with Gasteiger partial charge in [-0.3, -0.25) is 9.59 Å². The van der Waals surface area contributed by atoms with E-state index in [2.05, 4.69) is 45.1 Å². The van der Waals surface area contributed by atoms with Gasteiger partial charge in [0.2, 0.25) is 5.91 Å². The molecule has 0 spiro atoms. The van der Waals surface area contributed by atoms with Gasteiger partial charge in [-0.25, -0.2) is 0 Å². The van der Waals surface area contributed by atoms with Crippen LogP contribution in [0, 0.1) is 11.3 Å². The van der Waals surface area contributed by atoms with Crippen LogP contribution in [-0.4, -0.2) is 43.0 Å². The topological polar surface area (TPSA) is 58.6 Å². The van der Waals surface area contributed by atoms with Crippen LogP contribution in [-0.2, 0) is 20.7 Å². The molecule has 1 unspecified atom stereocenters. The Hall–Kier alpha value is -2.53. The SMILES string of the molecule is COC(=O)Cc1ccc(N[C@@H](C(=O)N2CCC(c3ccc(Cl)cc3)C(C)(C)C2)C(C)C)cc1. The molecule has 1 aliphatic heterocycles. The molecule has 6 heteroatoms. The largest absolute Gasteiger partial charge is 0.469 e. The second-order valence-corrected chi connectivity index (χ2v) is 10.4. The van der Waals surface area contributed by atoms with E-state index in [-0.39, 0.29) is 35.7 Å². The van der Waals surface area contributed by atoms with Gasteiger partial charge in [0.15, 0.2) is 0 Å². The zero-order valence-electron chi connectivity index (χ0n) is 20.2. The van der Waals surface area contributed by atoms with Crippen molar-refractivity contribution in [1.82, 2.24) is 4.90 Å². The first-order chi connectivity index (χ1) is 15.6. The van der Waals surface area contributed by atoms with Gasteiger partial charge in [-0.1, -0.05) is 63.6 Å². The molecule has 0 bridgehead atoms. The minimum atomic E-state index is -0.320. The molecule has 33 heavy (non-hydrogen) atoms. The average Bonchev–Trinajstić information content (AvgIpc) is 2.78.